The molecule has 0 N–H and O–H groups in total. The fourth-order valence-corrected chi connectivity index (χ4v) is 8.57. The summed E-state index contributed by atoms with van der Waals surface area (Å²) in [6, 6.07) is 39.8. The van der Waals surface area contributed by atoms with Gasteiger partial charge in [-0.25, -0.2) is 9.97 Å². The Bertz CT molecular complexity index is 2880. The van der Waals surface area contributed by atoms with Gasteiger partial charge in [-0.15, -0.1) is 11.3 Å². The van der Waals surface area contributed by atoms with Crippen molar-refractivity contribution in [2.75, 3.05) is 0 Å². The van der Waals surface area contributed by atoms with Gasteiger partial charge in [-0.3, -0.25) is 4.57 Å². The fraction of sp³-hybridized carbons (Fsp3) is 0. The van der Waals surface area contributed by atoms with Crippen molar-refractivity contribution in [2.24, 2.45) is 0 Å². The number of para-hydroxylation sites is 3. The highest BCUT2D eigenvalue weighted by Gasteiger charge is 2.25. The fourth-order valence-electron chi connectivity index (χ4n) is 7.16. The number of thiophene rings is 1. The van der Waals surface area contributed by atoms with Crippen LogP contribution in [0.15, 0.2) is 120 Å². The molecule has 0 atom stereocenters. The number of fused-ring (bicyclic) bond motifs is 13. The van der Waals surface area contributed by atoms with Crippen LogP contribution in [0.4, 0.5) is 0 Å². The molecular weight excluding hydrogens is 563 g/mol. The molecule has 0 spiro atoms. The van der Waals surface area contributed by atoms with E-state index in [-0.39, 0.29) is 0 Å². The van der Waals surface area contributed by atoms with Crippen LogP contribution in [-0.2, 0) is 0 Å². The molecule has 1 aliphatic heterocycles. The first kappa shape index (κ1) is 22.8. The predicted octanol–water partition coefficient (Wildman–Crippen LogP) is 10.8. The van der Waals surface area contributed by atoms with E-state index in [1.54, 1.807) is 0 Å². The SMILES string of the molecule is c1ccc2c(c1)Oc1cccc3nc(-n4c5ccccc5c5c6sc7c(ccc8oc9ccccc9c87)c6ccc54)nc-2c13. The summed E-state index contributed by atoms with van der Waals surface area (Å²) in [6.45, 7) is 0. The van der Waals surface area contributed by atoms with Gasteiger partial charge < -0.3 is 9.15 Å². The second-order valence-electron chi connectivity index (χ2n) is 11.3. The molecule has 6 heteroatoms. The number of nitrogens with zero attached hydrogens (tertiary/aromatic N) is 3. The van der Waals surface area contributed by atoms with Gasteiger partial charge in [0.1, 0.15) is 22.7 Å². The summed E-state index contributed by atoms with van der Waals surface area (Å²) in [5, 5.41) is 8.18. The average molecular weight is 582 g/mol. The highest BCUT2D eigenvalue weighted by Crippen LogP contribution is 2.48. The Kier molecular flexibility index (Phi) is 4.15. The molecule has 0 saturated heterocycles. The van der Waals surface area contributed by atoms with Gasteiger partial charge in [0.05, 0.1) is 27.6 Å². The summed E-state index contributed by atoms with van der Waals surface area (Å²) in [6.07, 6.45) is 0. The minimum Gasteiger partial charge on any atom is -0.456 e. The molecule has 10 aromatic rings. The van der Waals surface area contributed by atoms with Gasteiger partial charge in [-0.1, -0.05) is 60.7 Å². The number of benzene rings is 6. The van der Waals surface area contributed by atoms with Crippen LogP contribution in [0.5, 0.6) is 11.5 Å². The number of ether oxygens (including phenoxy) is 1. The number of furan rings is 1. The van der Waals surface area contributed by atoms with Crippen LogP contribution >= 0.6 is 11.3 Å². The molecule has 0 radical (unpaired) electrons. The maximum Gasteiger partial charge on any atom is 0.235 e. The van der Waals surface area contributed by atoms with E-state index in [0.29, 0.717) is 5.95 Å². The van der Waals surface area contributed by atoms with Crippen LogP contribution in [0, 0.1) is 0 Å². The van der Waals surface area contributed by atoms with Crippen molar-refractivity contribution in [2.45, 2.75) is 0 Å². The zero-order valence-corrected chi connectivity index (χ0v) is 23.9. The van der Waals surface area contributed by atoms with Gasteiger partial charge in [-0.2, -0.15) is 0 Å². The summed E-state index contributed by atoms with van der Waals surface area (Å²) < 4.78 is 17.2. The van der Waals surface area contributed by atoms with Crippen molar-refractivity contribution >= 4 is 86.2 Å². The monoisotopic (exact) mass is 581 g/mol. The van der Waals surface area contributed by atoms with Crippen LogP contribution < -0.4 is 4.74 Å². The van der Waals surface area contributed by atoms with E-state index in [1.807, 2.05) is 59.9 Å². The minimum absolute atomic E-state index is 0.649. The molecule has 0 amide bonds. The van der Waals surface area contributed by atoms with Crippen molar-refractivity contribution in [3.63, 3.8) is 0 Å². The standard InChI is InChI=1S/C38H19N3O2S/c1-4-12-26-22(8-1)32-27(18-16-20-21-17-19-31-33(37(21)44-36(20)32)23-9-2-5-13-28(23)42-31)41(26)38-39-25-11-7-15-30-34(25)35(40-38)24-10-3-6-14-29(24)43-30/h1-19H. The number of hydrogen-bond acceptors (Lipinski definition) is 5. The molecule has 5 heterocycles. The molecule has 44 heavy (non-hydrogen) atoms. The van der Waals surface area contributed by atoms with E-state index in [9.17, 15) is 0 Å². The van der Waals surface area contributed by atoms with Gasteiger partial charge in [0, 0.05) is 47.3 Å². The van der Waals surface area contributed by atoms with Crippen LogP contribution in [-0.4, -0.2) is 14.5 Å². The summed E-state index contributed by atoms with van der Waals surface area (Å²) in [5.41, 5.74) is 6.73. The van der Waals surface area contributed by atoms with E-state index in [1.165, 1.54) is 36.3 Å². The third-order valence-electron chi connectivity index (χ3n) is 9.02. The summed E-state index contributed by atoms with van der Waals surface area (Å²) in [5.74, 6) is 2.25. The van der Waals surface area contributed by atoms with Crippen LogP contribution in [0.2, 0.25) is 0 Å². The van der Waals surface area contributed by atoms with Crippen LogP contribution in [0.3, 0.4) is 0 Å². The maximum absolute atomic E-state index is 6.26. The lowest BCUT2D eigenvalue weighted by molar-refractivity contribution is 0.486. The molecule has 0 aliphatic carbocycles. The average Bonchev–Trinajstić information content (AvgIpc) is 3.74. The number of rotatable bonds is 1. The lowest BCUT2D eigenvalue weighted by atomic mass is 10.0. The normalized spacial score (nSPS) is 12.7. The summed E-state index contributed by atoms with van der Waals surface area (Å²) in [7, 11) is 0. The smallest absolute Gasteiger partial charge is 0.235 e. The Morgan fingerprint density at radius 2 is 1.30 bits per heavy atom. The quantitative estimate of drug-likeness (QED) is 0.193. The van der Waals surface area contributed by atoms with Gasteiger partial charge in [0.2, 0.25) is 5.95 Å². The molecule has 1 aliphatic rings. The van der Waals surface area contributed by atoms with Crippen LogP contribution in [0.1, 0.15) is 0 Å². The molecular formula is C38H19N3O2S. The summed E-state index contributed by atoms with van der Waals surface area (Å²) >= 11 is 1.84. The van der Waals surface area contributed by atoms with Gasteiger partial charge in [0.25, 0.3) is 0 Å². The third-order valence-corrected chi connectivity index (χ3v) is 10.3. The Morgan fingerprint density at radius 3 is 2.25 bits per heavy atom. The molecule has 6 aromatic carbocycles. The number of hydrogen-bond donors (Lipinski definition) is 0. The first-order chi connectivity index (χ1) is 21.8. The van der Waals surface area contributed by atoms with Crippen molar-refractivity contribution in [3.8, 4) is 28.7 Å². The van der Waals surface area contributed by atoms with Gasteiger partial charge in [0.15, 0.2) is 0 Å². The number of aromatic nitrogens is 3. The Hall–Kier alpha value is -5.72. The summed E-state index contributed by atoms with van der Waals surface area (Å²) in [4.78, 5) is 10.4. The Balaban J connectivity index is 1.28. The van der Waals surface area contributed by atoms with Crippen LogP contribution in [0.25, 0.3) is 92.0 Å². The lowest BCUT2D eigenvalue weighted by Gasteiger charge is -2.20. The Labute approximate surface area is 253 Å². The molecule has 0 saturated carbocycles. The molecule has 4 aromatic heterocycles. The highest BCUT2D eigenvalue weighted by atomic mass is 32.1. The van der Waals surface area contributed by atoms with Crippen molar-refractivity contribution < 1.29 is 9.15 Å². The molecule has 0 bridgehead atoms. The van der Waals surface area contributed by atoms with E-state index >= 15 is 0 Å². The zero-order valence-electron chi connectivity index (χ0n) is 23.0. The molecule has 204 valence electrons. The molecule has 11 rings (SSSR count). The highest BCUT2D eigenvalue weighted by molar-refractivity contribution is 7.27. The largest absolute Gasteiger partial charge is 0.456 e. The minimum atomic E-state index is 0.649. The lowest BCUT2D eigenvalue weighted by Crippen LogP contribution is -2.06. The van der Waals surface area contributed by atoms with E-state index in [2.05, 4.69) is 71.3 Å². The second kappa shape index (κ2) is 8.01. The van der Waals surface area contributed by atoms with E-state index < -0.39 is 0 Å². The molecule has 0 fully saturated rings. The zero-order chi connectivity index (χ0) is 28.5. The molecule has 5 nitrogen and oxygen atoms in total. The Morgan fingerprint density at radius 1 is 0.523 bits per heavy atom. The topological polar surface area (TPSA) is 53.1 Å². The third kappa shape index (κ3) is 2.79. The first-order valence-electron chi connectivity index (χ1n) is 14.6. The van der Waals surface area contributed by atoms with Gasteiger partial charge in [-0.05, 0) is 54.6 Å². The van der Waals surface area contributed by atoms with Crippen molar-refractivity contribution in [1.29, 1.82) is 0 Å². The van der Waals surface area contributed by atoms with E-state index in [0.717, 1.165) is 61.2 Å². The molecule has 0 unspecified atom stereocenters. The second-order valence-corrected chi connectivity index (χ2v) is 12.3. The first-order valence-corrected chi connectivity index (χ1v) is 15.4. The van der Waals surface area contributed by atoms with Crippen molar-refractivity contribution in [3.05, 3.63) is 115 Å². The predicted molar refractivity (Wildman–Crippen MR) is 180 cm³/mol. The maximum atomic E-state index is 6.26. The van der Waals surface area contributed by atoms with Crippen molar-refractivity contribution in [1.82, 2.24) is 14.5 Å². The van der Waals surface area contributed by atoms with E-state index in [4.69, 9.17) is 19.1 Å². The van der Waals surface area contributed by atoms with Gasteiger partial charge >= 0.3 is 0 Å².